The zero-order valence-corrected chi connectivity index (χ0v) is 8.25. The molecule has 3 nitrogen and oxygen atoms in total. The van der Waals surface area contributed by atoms with Gasteiger partial charge in [-0.1, -0.05) is 20.3 Å². The van der Waals surface area contributed by atoms with Gasteiger partial charge in [0.15, 0.2) is 6.19 Å². The molecule has 70 valence electrons. The largest absolute Gasteiger partial charge is 0.240 e. The number of aryl methyl sites for hydroxylation is 2. The van der Waals surface area contributed by atoms with Crippen LogP contribution in [0.25, 0.3) is 0 Å². The minimum absolute atomic E-state index is 0.886. The van der Waals surface area contributed by atoms with E-state index in [1.54, 1.807) is 4.57 Å². The Morgan fingerprint density at radius 3 is 2.62 bits per heavy atom. The van der Waals surface area contributed by atoms with Crippen molar-refractivity contribution in [2.75, 3.05) is 0 Å². The van der Waals surface area contributed by atoms with E-state index in [2.05, 4.69) is 25.0 Å². The zero-order valence-electron chi connectivity index (χ0n) is 8.25. The lowest BCUT2D eigenvalue weighted by Gasteiger charge is -1.99. The molecule has 0 saturated heterocycles. The summed E-state index contributed by atoms with van der Waals surface area (Å²) in [5.74, 6) is 0.897. The average molecular weight is 177 g/mol. The van der Waals surface area contributed by atoms with Crippen LogP contribution in [0.15, 0.2) is 6.20 Å². The minimum Gasteiger partial charge on any atom is -0.240 e. The molecule has 0 aromatic carbocycles. The third-order valence-corrected chi connectivity index (χ3v) is 1.99. The summed E-state index contributed by atoms with van der Waals surface area (Å²) in [6.45, 7) is 4.20. The molecule has 0 amide bonds. The van der Waals surface area contributed by atoms with Crippen molar-refractivity contribution in [2.45, 2.75) is 39.5 Å². The summed E-state index contributed by atoms with van der Waals surface area (Å²) in [6, 6.07) is 0. The number of nitriles is 1. The van der Waals surface area contributed by atoms with Crippen LogP contribution in [-0.2, 0) is 12.8 Å². The highest BCUT2D eigenvalue weighted by atomic mass is 15.1. The van der Waals surface area contributed by atoms with E-state index < -0.39 is 0 Å². The fourth-order valence-electron chi connectivity index (χ4n) is 1.38. The Hall–Kier alpha value is -1.30. The van der Waals surface area contributed by atoms with Crippen LogP contribution in [0, 0.1) is 11.5 Å². The smallest absolute Gasteiger partial charge is 0.190 e. The second-order valence-corrected chi connectivity index (χ2v) is 3.10. The van der Waals surface area contributed by atoms with Crippen molar-refractivity contribution in [3.63, 3.8) is 0 Å². The maximum absolute atomic E-state index is 8.91. The normalized spacial score (nSPS) is 9.92. The molecule has 1 rings (SSSR count). The van der Waals surface area contributed by atoms with E-state index in [-0.39, 0.29) is 0 Å². The van der Waals surface area contributed by atoms with E-state index in [0.29, 0.717) is 0 Å². The highest BCUT2D eigenvalue weighted by Crippen LogP contribution is 2.08. The summed E-state index contributed by atoms with van der Waals surface area (Å²) >= 11 is 0. The maximum Gasteiger partial charge on any atom is 0.190 e. The van der Waals surface area contributed by atoms with Gasteiger partial charge < -0.3 is 0 Å². The summed E-state index contributed by atoms with van der Waals surface area (Å²) in [5.41, 5.74) is 1.04. The molecular weight excluding hydrogens is 162 g/mol. The molecule has 0 bridgehead atoms. The Balaban J connectivity index is 2.91. The SMILES string of the molecule is CCCc1cnc(CCC)n1C#N. The third kappa shape index (κ3) is 2.09. The highest BCUT2D eigenvalue weighted by molar-refractivity contribution is 5.12. The van der Waals surface area contributed by atoms with Gasteiger partial charge in [0.2, 0.25) is 0 Å². The fraction of sp³-hybridized carbons (Fsp3) is 0.600. The number of hydrogen-bond acceptors (Lipinski definition) is 2. The predicted molar refractivity (Wildman–Crippen MR) is 51.2 cm³/mol. The van der Waals surface area contributed by atoms with Gasteiger partial charge in [-0.15, -0.1) is 0 Å². The van der Waals surface area contributed by atoms with E-state index in [9.17, 15) is 0 Å². The van der Waals surface area contributed by atoms with Gasteiger partial charge in [0, 0.05) is 12.6 Å². The first kappa shape index (κ1) is 9.79. The summed E-state index contributed by atoms with van der Waals surface area (Å²) in [7, 11) is 0. The molecule has 0 spiro atoms. The van der Waals surface area contributed by atoms with Crippen LogP contribution in [0.5, 0.6) is 0 Å². The molecule has 0 unspecified atom stereocenters. The van der Waals surface area contributed by atoms with Gasteiger partial charge in [0.1, 0.15) is 5.82 Å². The Morgan fingerprint density at radius 2 is 2.08 bits per heavy atom. The van der Waals surface area contributed by atoms with Crippen molar-refractivity contribution in [1.29, 1.82) is 5.26 Å². The van der Waals surface area contributed by atoms with Gasteiger partial charge in [0.05, 0.1) is 5.69 Å². The number of hydrogen-bond donors (Lipinski definition) is 0. The second kappa shape index (κ2) is 4.66. The van der Waals surface area contributed by atoms with E-state index in [1.807, 2.05) is 6.20 Å². The summed E-state index contributed by atoms with van der Waals surface area (Å²) < 4.78 is 1.66. The Labute approximate surface area is 79.0 Å². The first-order valence-electron chi connectivity index (χ1n) is 4.79. The lowest BCUT2D eigenvalue weighted by atomic mass is 10.2. The van der Waals surface area contributed by atoms with Gasteiger partial charge >= 0.3 is 0 Å². The molecule has 0 N–H and O–H groups in total. The summed E-state index contributed by atoms with van der Waals surface area (Å²) in [4.78, 5) is 4.24. The van der Waals surface area contributed by atoms with Crippen LogP contribution in [0.2, 0.25) is 0 Å². The average Bonchev–Trinajstić information content (AvgIpc) is 2.49. The Morgan fingerprint density at radius 1 is 1.38 bits per heavy atom. The lowest BCUT2D eigenvalue weighted by molar-refractivity contribution is 0.779. The van der Waals surface area contributed by atoms with Crippen molar-refractivity contribution < 1.29 is 0 Å². The molecular formula is C10H15N3. The molecule has 0 saturated carbocycles. The number of aromatic nitrogens is 2. The van der Waals surface area contributed by atoms with Crippen molar-refractivity contribution in [1.82, 2.24) is 9.55 Å². The van der Waals surface area contributed by atoms with Crippen molar-refractivity contribution >= 4 is 0 Å². The number of nitrogens with zero attached hydrogens (tertiary/aromatic N) is 3. The van der Waals surface area contributed by atoms with E-state index in [4.69, 9.17) is 5.26 Å². The number of imidazole rings is 1. The van der Waals surface area contributed by atoms with Crippen LogP contribution in [0.4, 0.5) is 0 Å². The fourth-order valence-corrected chi connectivity index (χ4v) is 1.38. The monoisotopic (exact) mass is 177 g/mol. The summed E-state index contributed by atoms with van der Waals surface area (Å²) in [6.07, 6.45) is 7.89. The molecule has 0 atom stereocenters. The van der Waals surface area contributed by atoms with Gasteiger partial charge in [-0.3, -0.25) is 0 Å². The predicted octanol–water partition coefficient (Wildman–Crippen LogP) is 2.12. The lowest BCUT2D eigenvalue weighted by Crippen LogP contribution is -2.01. The van der Waals surface area contributed by atoms with Crippen molar-refractivity contribution in [3.8, 4) is 6.19 Å². The van der Waals surface area contributed by atoms with Gasteiger partial charge in [0.25, 0.3) is 0 Å². The standard InChI is InChI=1S/C10H15N3/c1-3-5-9-7-12-10(6-4-2)13(9)8-11/h7H,3-6H2,1-2H3. The second-order valence-electron chi connectivity index (χ2n) is 3.10. The molecule has 0 radical (unpaired) electrons. The van der Waals surface area contributed by atoms with Gasteiger partial charge in [-0.2, -0.15) is 5.26 Å². The molecule has 1 aromatic rings. The first-order valence-corrected chi connectivity index (χ1v) is 4.79. The van der Waals surface area contributed by atoms with Crippen LogP contribution in [0.1, 0.15) is 38.2 Å². The van der Waals surface area contributed by atoms with Crippen LogP contribution < -0.4 is 0 Å². The minimum atomic E-state index is 0.886. The molecule has 3 heteroatoms. The van der Waals surface area contributed by atoms with Crippen LogP contribution >= 0.6 is 0 Å². The van der Waals surface area contributed by atoms with Crippen LogP contribution in [-0.4, -0.2) is 9.55 Å². The highest BCUT2D eigenvalue weighted by Gasteiger charge is 2.07. The number of rotatable bonds is 4. The van der Waals surface area contributed by atoms with Crippen LogP contribution in [0.3, 0.4) is 0 Å². The third-order valence-electron chi connectivity index (χ3n) is 1.99. The maximum atomic E-state index is 8.91. The molecule has 0 aliphatic heterocycles. The van der Waals surface area contributed by atoms with Crippen molar-refractivity contribution in [3.05, 3.63) is 17.7 Å². The molecule has 0 aliphatic rings. The Bertz CT molecular complexity index is 283. The summed E-state index contributed by atoms with van der Waals surface area (Å²) in [5, 5.41) is 8.91. The van der Waals surface area contributed by atoms with E-state index in [1.165, 1.54) is 0 Å². The van der Waals surface area contributed by atoms with E-state index in [0.717, 1.165) is 37.2 Å². The molecule has 0 aliphatic carbocycles. The molecule has 1 aromatic heterocycles. The first-order chi connectivity index (χ1) is 6.33. The molecule has 0 fully saturated rings. The Kier molecular flexibility index (Phi) is 3.51. The van der Waals surface area contributed by atoms with E-state index >= 15 is 0 Å². The zero-order chi connectivity index (χ0) is 9.68. The molecule has 1 heterocycles. The molecule has 13 heavy (non-hydrogen) atoms. The van der Waals surface area contributed by atoms with Crippen molar-refractivity contribution in [2.24, 2.45) is 0 Å². The van der Waals surface area contributed by atoms with Gasteiger partial charge in [-0.25, -0.2) is 9.55 Å². The quantitative estimate of drug-likeness (QED) is 0.706. The van der Waals surface area contributed by atoms with Gasteiger partial charge in [-0.05, 0) is 12.8 Å². The topological polar surface area (TPSA) is 41.6 Å².